The summed E-state index contributed by atoms with van der Waals surface area (Å²) < 4.78 is 74.0. The first kappa shape index (κ1) is 21.0. The Balaban J connectivity index is 2.09. The van der Waals surface area contributed by atoms with Crippen molar-refractivity contribution in [3.05, 3.63) is 51.6 Å². The molecule has 0 radical (unpaired) electrons. The third-order valence-corrected chi connectivity index (χ3v) is 7.10. The molecule has 1 aliphatic heterocycles. The van der Waals surface area contributed by atoms with Crippen molar-refractivity contribution in [2.75, 3.05) is 15.3 Å². The molecule has 0 amide bonds. The number of ether oxygens (including phenoxy) is 1. The van der Waals surface area contributed by atoms with E-state index >= 15 is 0 Å². The molecule has 0 saturated carbocycles. The van der Waals surface area contributed by atoms with Crippen molar-refractivity contribution in [2.45, 2.75) is 23.6 Å². The van der Waals surface area contributed by atoms with Crippen molar-refractivity contribution < 1.29 is 26.3 Å². The standard InChI is InChI=1S/C17H14F3I2NO3S/c18-17(19,20)11-2-1-3-14(8-11)27(24,25)23-10-13(6-7-21)26-16-5-4-12(22)9-15(16)23/h1-5,8-9,13H,6-7,10H2. The van der Waals surface area contributed by atoms with Crippen LogP contribution in [0, 0.1) is 3.57 Å². The molecule has 1 aliphatic rings. The predicted molar refractivity (Wildman–Crippen MR) is 113 cm³/mol. The van der Waals surface area contributed by atoms with Gasteiger partial charge >= 0.3 is 6.18 Å². The molecule has 0 aromatic heterocycles. The van der Waals surface area contributed by atoms with E-state index in [1.165, 1.54) is 6.07 Å². The molecule has 27 heavy (non-hydrogen) atoms. The SMILES string of the molecule is O=S(=O)(c1cccc(C(F)(F)F)c1)N1CC(CCI)Oc2ccc(I)cc21. The van der Waals surface area contributed by atoms with Gasteiger partial charge in [0.2, 0.25) is 0 Å². The maximum atomic E-state index is 13.2. The smallest absolute Gasteiger partial charge is 0.416 e. The lowest BCUT2D eigenvalue weighted by molar-refractivity contribution is -0.137. The fraction of sp³-hybridized carbons (Fsp3) is 0.294. The minimum absolute atomic E-state index is 0.0503. The number of hydrogen-bond acceptors (Lipinski definition) is 3. The molecule has 0 N–H and O–H groups in total. The van der Waals surface area contributed by atoms with Gasteiger partial charge in [-0.25, -0.2) is 8.42 Å². The molecule has 146 valence electrons. The van der Waals surface area contributed by atoms with Crippen LogP contribution in [0.1, 0.15) is 12.0 Å². The average molecular weight is 623 g/mol. The van der Waals surface area contributed by atoms with Crippen molar-refractivity contribution in [3.8, 4) is 5.75 Å². The van der Waals surface area contributed by atoms with Crippen LogP contribution in [0.5, 0.6) is 5.75 Å². The highest BCUT2D eigenvalue weighted by Gasteiger charge is 2.36. The van der Waals surface area contributed by atoms with Gasteiger partial charge < -0.3 is 4.74 Å². The van der Waals surface area contributed by atoms with Gasteiger partial charge in [-0.3, -0.25) is 4.31 Å². The van der Waals surface area contributed by atoms with Crippen molar-refractivity contribution in [1.82, 2.24) is 0 Å². The molecule has 10 heteroatoms. The van der Waals surface area contributed by atoms with Gasteiger partial charge in [0.25, 0.3) is 10.0 Å². The number of anilines is 1. The topological polar surface area (TPSA) is 46.6 Å². The summed E-state index contributed by atoms with van der Waals surface area (Å²) in [6, 6.07) is 8.95. The van der Waals surface area contributed by atoms with Crippen molar-refractivity contribution in [2.24, 2.45) is 0 Å². The van der Waals surface area contributed by atoms with E-state index in [0.29, 0.717) is 23.9 Å². The predicted octanol–water partition coefficient (Wildman–Crippen LogP) is 5.09. The second-order valence-corrected chi connectivity index (χ2v) is 10.1. The average Bonchev–Trinajstić information content (AvgIpc) is 2.61. The Morgan fingerprint density at radius 3 is 2.59 bits per heavy atom. The van der Waals surface area contributed by atoms with Crippen LogP contribution in [-0.4, -0.2) is 25.5 Å². The van der Waals surface area contributed by atoms with E-state index in [1.54, 1.807) is 18.2 Å². The van der Waals surface area contributed by atoms with Crippen LogP contribution >= 0.6 is 45.2 Å². The van der Waals surface area contributed by atoms with Crippen LogP contribution in [0.3, 0.4) is 0 Å². The summed E-state index contributed by atoms with van der Waals surface area (Å²) in [6.07, 6.45) is -4.36. The zero-order valence-electron chi connectivity index (χ0n) is 13.7. The molecule has 0 bridgehead atoms. The minimum Gasteiger partial charge on any atom is -0.486 e. The van der Waals surface area contributed by atoms with Gasteiger partial charge in [-0.2, -0.15) is 13.2 Å². The monoisotopic (exact) mass is 623 g/mol. The van der Waals surface area contributed by atoms with Gasteiger partial charge in [0.05, 0.1) is 22.7 Å². The molecule has 0 aliphatic carbocycles. The maximum absolute atomic E-state index is 13.2. The fourth-order valence-electron chi connectivity index (χ4n) is 2.74. The number of fused-ring (bicyclic) bond motifs is 1. The van der Waals surface area contributed by atoms with E-state index in [-0.39, 0.29) is 12.6 Å². The van der Waals surface area contributed by atoms with Gasteiger partial charge in [-0.05, 0) is 65.4 Å². The summed E-state index contributed by atoms with van der Waals surface area (Å²) in [5, 5.41) is 0. The van der Waals surface area contributed by atoms with E-state index in [2.05, 4.69) is 22.6 Å². The number of sulfonamides is 1. The molecule has 1 heterocycles. The molecule has 0 fully saturated rings. The Kier molecular flexibility index (Phi) is 6.16. The highest BCUT2D eigenvalue weighted by Crippen LogP contribution is 2.39. The van der Waals surface area contributed by atoms with E-state index in [4.69, 9.17) is 4.74 Å². The van der Waals surface area contributed by atoms with Crippen LogP contribution in [0.4, 0.5) is 18.9 Å². The number of alkyl halides is 4. The summed E-state index contributed by atoms with van der Waals surface area (Å²) in [5.74, 6) is 0.409. The van der Waals surface area contributed by atoms with Gasteiger partial charge in [0, 0.05) is 8.00 Å². The van der Waals surface area contributed by atoms with E-state index in [1.807, 2.05) is 22.6 Å². The van der Waals surface area contributed by atoms with Gasteiger partial charge in [-0.15, -0.1) is 0 Å². The normalized spacial score (nSPS) is 17.4. The second-order valence-electron chi connectivity index (χ2n) is 5.89. The summed E-state index contributed by atoms with van der Waals surface area (Å²) >= 11 is 4.22. The second kappa shape index (κ2) is 7.93. The largest absolute Gasteiger partial charge is 0.486 e. The van der Waals surface area contributed by atoms with E-state index in [9.17, 15) is 21.6 Å². The summed E-state index contributed by atoms with van der Waals surface area (Å²) in [5.41, 5.74) is -0.660. The minimum atomic E-state index is -4.62. The lowest BCUT2D eigenvalue weighted by Gasteiger charge is -2.35. The molecular formula is C17H14F3I2NO3S. The highest BCUT2D eigenvalue weighted by molar-refractivity contribution is 14.1. The number of nitrogens with zero attached hydrogens (tertiary/aromatic N) is 1. The van der Waals surface area contributed by atoms with Gasteiger partial charge in [0.1, 0.15) is 11.9 Å². The molecule has 3 rings (SSSR count). The third kappa shape index (κ3) is 4.47. The quantitative estimate of drug-likeness (QED) is 0.353. The van der Waals surface area contributed by atoms with Crippen LogP contribution in [0.25, 0.3) is 0 Å². The summed E-state index contributed by atoms with van der Waals surface area (Å²) in [4.78, 5) is -0.391. The molecule has 4 nitrogen and oxygen atoms in total. The summed E-state index contributed by atoms with van der Waals surface area (Å²) in [7, 11) is -4.18. The Labute approximate surface area is 182 Å². The number of halogens is 5. The lowest BCUT2D eigenvalue weighted by atomic mass is 10.2. The molecule has 1 unspecified atom stereocenters. The number of rotatable bonds is 4. The van der Waals surface area contributed by atoms with Gasteiger partial charge in [-0.1, -0.05) is 28.7 Å². The zero-order valence-corrected chi connectivity index (χ0v) is 18.8. The fourth-order valence-corrected chi connectivity index (χ4v) is 5.46. The molecular weight excluding hydrogens is 609 g/mol. The van der Waals surface area contributed by atoms with Crippen LogP contribution in [-0.2, 0) is 16.2 Å². The molecule has 2 aromatic rings. The number of hydrogen-bond donors (Lipinski definition) is 0. The van der Waals surface area contributed by atoms with Gasteiger partial charge in [0.15, 0.2) is 0 Å². The first-order valence-corrected chi connectivity index (χ1v) is 11.9. The lowest BCUT2D eigenvalue weighted by Crippen LogP contribution is -2.43. The van der Waals surface area contributed by atoms with E-state index < -0.39 is 26.7 Å². The van der Waals surface area contributed by atoms with E-state index in [0.717, 1.165) is 24.4 Å². The van der Waals surface area contributed by atoms with Crippen LogP contribution in [0.2, 0.25) is 0 Å². The first-order valence-electron chi connectivity index (χ1n) is 7.85. The Bertz CT molecular complexity index is 951. The maximum Gasteiger partial charge on any atom is 0.416 e. The first-order chi connectivity index (χ1) is 12.6. The van der Waals surface area contributed by atoms with Crippen LogP contribution in [0.15, 0.2) is 47.4 Å². The van der Waals surface area contributed by atoms with Crippen LogP contribution < -0.4 is 9.04 Å². The Hall–Kier alpha value is -0.760. The molecule has 0 saturated heterocycles. The molecule has 1 atom stereocenters. The van der Waals surface area contributed by atoms with Crippen molar-refractivity contribution in [1.29, 1.82) is 0 Å². The number of benzene rings is 2. The molecule has 0 spiro atoms. The molecule has 2 aromatic carbocycles. The Morgan fingerprint density at radius 1 is 1.19 bits per heavy atom. The zero-order chi connectivity index (χ0) is 19.8. The third-order valence-electron chi connectivity index (χ3n) is 4.03. The Morgan fingerprint density at radius 2 is 1.93 bits per heavy atom. The van der Waals surface area contributed by atoms with Crippen molar-refractivity contribution in [3.63, 3.8) is 0 Å². The van der Waals surface area contributed by atoms with Crippen molar-refractivity contribution >= 4 is 60.9 Å². The summed E-state index contributed by atoms with van der Waals surface area (Å²) in [6.45, 7) is 0.0503. The highest BCUT2D eigenvalue weighted by atomic mass is 127.